The third-order valence-electron chi connectivity index (χ3n) is 2.17. The van der Waals surface area contributed by atoms with Gasteiger partial charge in [-0.2, -0.15) is 0 Å². The lowest BCUT2D eigenvalue weighted by Crippen LogP contribution is -2.29. The summed E-state index contributed by atoms with van der Waals surface area (Å²) in [6.45, 7) is 2.77. The van der Waals surface area contributed by atoms with E-state index in [1.165, 1.54) is 12.3 Å². The van der Waals surface area contributed by atoms with Gasteiger partial charge in [0.05, 0.1) is 16.6 Å². The lowest BCUT2D eigenvalue weighted by molar-refractivity contribution is -0.384. The molecule has 0 spiro atoms. The van der Waals surface area contributed by atoms with Gasteiger partial charge in [0.1, 0.15) is 0 Å². The van der Waals surface area contributed by atoms with Crippen LogP contribution in [0.25, 0.3) is 0 Å². The van der Waals surface area contributed by atoms with Gasteiger partial charge in [-0.3, -0.25) is 10.1 Å². The van der Waals surface area contributed by atoms with Crippen molar-refractivity contribution in [3.8, 4) is 0 Å². The van der Waals surface area contributed by atoms with Crippen LogP contribution in [-0.4, -0.2) is 34.7 Å². The quantitative estimate of drug-likeness (QED) is 0.623. The number of hydrogen-bond acceptors (Lipinski definition) is 5. The molecular weight excluding hydrogens is 246 g/mol. The second kappa shape index (κ2) is 6.36. The summed E-state index contributed by atoms with van der Waals surface area (Å²) in [5.74, 6) is 0.246. The molecule has 0 saturated heterocycles. The molecule has 1 N–H and O–H groups in total. The molecule has 17 heavy (non-hydrogen) atoms. The van der Waals surface area contributed by atoms with E-state index in [-0.39, 0.29) is 23.1 Å². The van der Waals surface area contributed by atoms with Gasteiger partial charge in [0.15, 0.2) is 0 Å². The Morgan fingerprint density at radius 3 is 2.82 bits per heavy atom. The molecule has 0 unspecified atom stereocenters. The van der Waals surface area contributed by atoms with Crippen molar-refractivity contribution in [3.63, 3.8) is 0 Å². The molecule has 1 heterocycles. The van der Waals surface area contributed by atoms with Crippen molar-refractivity contribution in [2.75, 3.05) is 24.6 Å². The molecule has 0 amide bonds. The van der Waals surface area contributed by atoms with E-state index in [1.807, 2.05) is 6.92 Å². The van der Waals surface area contributed by atoms with E-state index in [2.05, 4.69) is 4.98 Å². The van der Waals surface area contributed by atoms with Crippen LogP contribution < -0.4 is 4.90 Å². The second-order valence-electron chi connectivity index (χ2n) is 3.46. The minimum Gasteiger partial charge on any atom is -0.395 e. The van der Waals surface area contributed by atoms with E-state index in [1.54, 1.807) is 4.90 Å². The van der Waals surface area contributed by atoms with Gasteiger partial charge in [0.2, 0.25) is 5.82 Å². The van der Waals surface area contributed by atoms with Crippen molar-refractivity contribution in [2.45, 2.75) is 13.3 Å². The van der Waals surface area contributed by atoms with Crippen molar-refractivity contribution < 1.29 is 10.0 Å². The van der Waals surface area contributed by atoms with Crippen molar-refractivity contribution >= 4 is 23.1 Å². The van der Waals surface area contributed by atoms with Gasteiger partial charge in [-0.05, 0) is 6.42 Å². The van der Waals surface area contributed by atoms with Crippen LogP contribution in [0.4, 0.5) is 11.5 Å². The Balaban J connectivity index is 3.12. The maximum absolute atomic E-state index is 10.9. The van der Waals surface area contributed by atoms with Crippen LogP contribution >= 0.6 is 11.6 Å². The fourth-order valence-corrected chi connectivity index (χ4v) is 1.67. The van der Waals surface area contributed by atoms with Gasteiger partial charge in [0.25, 0.3) is 0 Å². The molecule has 0 bridgehead atoms. The van der Waals surface area contributed by atoms with E-state index in [9.17, 15) is 10.1 Å². The highest BCUT2D eigenvalue weighted by molar-refractivity contribution is 6.30. The lowest BCUT2D eigenvalue weighted by atomic mass is 10.3. The maximum atomic E-state index is 10.9. The summed E-state index contributed by atoms with van der Waals surface area (Å²) in [5.41, 5.74) is -0.139. The van der Waals surface area contributed by atoms with Gasteiger partial charge in [-0.25, -0.2) is 4.98 Å². The van der Waals surface area contributed by atoms with Crippen LogP contribution in [0.15, 0.2) is 12.3 Å². The predicted molar refractivity (Wildman–Crippen MR) is 65.5 cm³/mol. The number of pyridine rings is 1. The highest BCUT2D eigenvalue weighted by Gasteiger charge is 2.20. The molecule has 94 valence electrons. The fraction of sp³-hybridized carbons (Fsp3) is 0.500. The minimum absolute atomic E-state index is 0.0819. The van der Waals surface area contributed by atoms with Crippen molar-refractivity contribution in [1.29, 1.82) is 0 Å². The van der Waals surface area contributed by atoms with Gasteiger partial charge < -0.3 is 10.0 Å². The van der Waals surface area contributed by atoms with Crippen molar-refractivity contribution in [3.05, 3.63) is 27.4 Å². The molecule has 0 radical (unpaired) electrons. The van der Waals surface area contributed by atoms with Crippen LogP contribution in [0.3, 0.4) is 0 Å². The third kappa shape index (κ3) is 3.54. The first-order chi connectivity index (χ1) is 8.10. The Morgan fingerprint density at radius 2 is 2.29 bits per heavy atom. The van der Waals surface area contributed by atoms with Gasteiger partial charge in [-0.15, -0.1) is 0 Å². The van der Waals surface area contributed by atoms with Crippen molar-refractivity contribution in [1.82, 2.24) is 4.98 Å². The minimum atomic E-state index is -0.520. The average molecular weight is 260 g/mol. The molecule has 0 aliphatic carbocycles. The number of anilines is 1. The standard InChI is InChI=1S/C10H14ClN3O3/c1-2-3-13(4-5-15)10-9(14(16)17)6-8(11)7-12-10/h6-7,15H,2-5H2,1H3. The van der Waals surface area contributed by atoms with E-state index in [0.717, 1.165) is 6.42 Å². The number of halogens is 1. The van der Waals surface area contributed by atoms with Crippen LogP contribution in [0.1, 0.15) is 13.3 Å². The molecule has 7 heteroatoms. The van der Waals surface area contributed by atoms with Gasteiger partial charge >= 0.3 is 5.69 Å². The first kappa shape index (κ1) is 13.7. The molecule has 0 aromatic carbocycles. The Hall–Kier alpha value is -1.40. The molecule has 6 nitrogen and oxygen atoms in total. The topological polar surface area (TPSA) is 79.5 Å². The molecule has 0 saturated carbocycles. The normalized spacial score (nSPS) is 10.3. The zero-order chi connectivity index (χ0) is 12.8. The molecule has 1 aromatic heterocycles. The fourth-order valence-electron chi connectivity index (χ4n) is 1.51. The Morgan fingerprint density at radius 1 is 1.59 bits per heavy atom. The molecule has 0 aliphatic heterocycles. The first-order valence-electron chi connectivity index (χ1n) is 5.25. The SMILES string of the molecule is CCCN(CCO)c1ncc(Cl)cc1[N+](=O)[O-]. The molecule has 0 fully saturated rings. The summed E-state index contributed by atoms with van der Waals surface area (Å²) in [7, 11) is 0. The average Bonchev–Trinajstić information content (AvgIpc) is 2.28. The smallest absolute Gasteiger partial charge is 0.313 e. The summed E-state index contributed by atoms with van der Waals surface area (Å²) < 4.78 is 0. The predicted octanol–water partition coefficient (Wildman–Crippen LogP) is 1.85. The summed E-state index contributed by atoms with van der Waals surface area (Å²) >= 11 is 5.68. The van der Waals surface area contributed by atoms with Crippen LogP contribution in [0.2, 0.25) is 5.02 Å². The molecule has 0 atom stereocenters. The highest BCUT2D eigenvalue weighted by atomic mass is 35.5. The summed E-state index contributed by atoms with van der Waals surface area (Å²) in [5, 5.41) is 20.1. The monoisotopic (exact) mass is 259 g/mol. The number of aliphatic hydroxyl groups is 1. The number of nitrogens with zero attached hydrogens (tertiary/aromatic N) is 3. The molecule has 0 aliphatic rings. The summed E-state index contributed by atoms with van der Waals surface area (Å²) in [6, 6.07) is 1.27. The van der Waals surface area contributed by atoms with Crippen LogP contribution in [0.5, 0.6) is 0 Å². The number of hydrogen-bond donors (Lipinski definition) is 1. The van der Waals surface area contributed by atoms with Gasteiger partial charge in [-0.1, -0.05) is 18.5 Å². The van der Waals surface area contributed by atoms with E-state index < -0.39 is 4.92 Å². The Kier molecular flexibility index (Phi) is 5.11. The molecular formula is C10H14ClN3O3. The number of aromatic nitrogens is 1. The number of nitro groups is 1. The number of aliphatic hydroxyl groups excluding tert-OH is 1. The lowest BCUT2D eigenvalue weighted by Gasteiger charge is -2.21. The molecule has 1 rings (SSSR count). The summed E-state index contributed by atoms with van der Waals surface area (Å²) in [4.78, 5) is 16.0. The highest BCUT2D eigenvalue weighted by Crippen LogP contribution is 2.28. The molecule has 1 aromatic rings. The van der Waals surface area contributed by atoms with Crippen molar-refractivity contribution in [2.24, 2.45) is 0 Å². The Labute approximate surface area is 104 Å². The zero-order valence-corrected chi connectivity index (χ0v) is 10.2. The first-order valence-corrected chi connectivity index (χ1v) is 5.63. The van der Waals surface area contributed by atoms with E-state index in [4.69, 9.17) is 16.7 Å². The summed E-state index contributed by atoms with van der Waals surface area (Å²) in [6.07, 6.45) is 2.17. The van der Waals surface area contributed by atoms with Crippen LogP contribution in [-0.2, 0) is 0 Å². The number of rotatable bonds is 6. The van der Waals surface area contributed by atoms with E-state index in [0.29, 0.717) is 13.1 Å². The zero-order valence-electron chi connectivity index (χ0n) is 9.47. The Bertz CT molecular complexity index is 394. The maximum Gasteiger partial charge on any atom is 0.313 e. The second-order valence-corrected chi connectivity index (χ2v) is 3.90. The third-order valence-corrected chi connectivity index (χ3v) is 2.38. The van der Waals surface area contributed by atoms with E-state index >= 15 is 0 Å². The van der Waals surface area contributed by atoms with Crippen LogP contribution in [0, 0.1) is 10.1 Å². The van der Waals surface area contributed by atoms with Gasteiger partial charge in [0, 0.05) is 25.4 Å². The largest absolute Gasteiger partial charge is 0.395 e.